The maximum absolute atomic E-state index is 13.1. The predicted octanol–water partition coefficient (Wildman–Crippen LogP) is 4.41. The highest BCUT2D eigenvalue weighted by Crippen LogP contribution is 2.31. The van der Waals surface area contributed by atoms with Gasteiger partial charge in [0, 0.05) is 29.9 Å². The minimum atomic E-state index is -2.88. The Morgan fingerprint density at radius 3 is 2.47 bits per heavy atom. The average molecular weight is 480 g/mol. The van der Waals surface area contributed by atoms with Gasteiger partial charge in [0.2, 0.25) is 10.9 Å². The Labute approximate surface area is 201 Å². The zero-order valence-electron chi connectivity index (χ0n) is 19.0. The van der Waals surface area contributed by atoms with Crippen LogP contribution >= 0.6 is 0 Å². The van der Waals surface area contributed by atoms with E-state index in [1.54, 1.807) is 35.2 Å². The molecular formula is C25H29N5O3S. The minimum absolute atomic E-state index is 0.0262. The van der Waals surface area contributed by atoms with E-state index in [2.05, 4.69) is 17.0 Å². The number of nitrogens with zero attached hydrogens (tertiary/aromatic N) is 1. The second-order valence-corrected chi connectivity index (χ2v) is 8.55. The van der Waals surface area contributed by atoms with Gasteiger partial charge in [0.1, 0.15) is 5.84 Å². The van der Waals surface area contributed by atoms with Crippen molar-refractivity contribution in [3.63, 3.8) is 0 Å². The Kier molecular flexibility index (Phi) is 8.64. The summed E-state index contributed by atoms with van der Waals surface area (Å²) in [6, 6.07) is 21.5. The fraction of sp³-hybridized carbons (Fsp3) is 0.200. The molecule has 0 bridgehead atoms. The van der Waals surface area contributed by atoms with E-state index in [-0.39, 0.29) is 11.9 Å². The molecule has 0 aliphatic rings. The molecular weight excluding hydrogens is 450 g/mol. The van der Waals surface area contributed by atoms with Gasteiger partial charge in [-0.25, -0.2) is 13.2 Å². The van der Waals surface area contributed by atoms with Crippen LogP contribution in [0.1, 0.15) is 30.9 Å². The van der Waals surface area contributed by atoms with E-state index in [9.17, 15) is 13.2 Å². The molecule has 0 radical (unpaired) electrons. The van der Waals surface area contributed by atoms with Crippen LogP contribution in [0.25, 0.3) is 11.1 Å². The van der Waals surface area contributed by atoms with Crippen molar-refractivity contribution >= 4 is 34.1 Å². The topological polar surface area (TPSA) is 128 Å². The number of carbonyl (C=O) groups excluding carboxylic acids is 1. The third kappa shape index (κ3) is 6.82. The number of amides is 2. The van der Waals surface area contributed by atoms with Crippen LogP contribution in [0.5, 0.6) is 0 Å². The van der Waals surface area contributed by atoms with Crippen LogP contribution in [0.3, 0.4) is 0 Å². The number of nitrogens with one attached hydrogen (secondary N) is 3. The first-order valence-electron chi connectivity index (χ1n) is 11.0. The van der Waals surface area contributed by atoms with Crippen LogP contribution in [0.15, 0.2) is 72.8 Å². The number of hydrogen-bond acceptors (Lipinski definition) is 4. The molecule has 2 amide bonds. The van der Waals surface area contributed by atoms with Gasteiger partial charge < -0.3 is 16.0 Å². The van der Waals surface area contributed by atoms with Crippen molar-refractivity contribution in [2.24, 2.45) is 5.73 Å². The number of hydrogen-bond donors (Lipinski definition) is 5. The molecule has 0 spiro atoms. The third-order valence-electron chi connectivity index (χ3n) is 5.25. The highest BCUT2D eigenvalue weighted by atomic mass is 32.2. The van der Waals surface area contributed by atoms with Crippen molar-refractivity contribution in [2.45, 2.75) is 26.3 Å². The predicted molar refractivity (Wildman–Crippen MR) is 138 cm³/mol. The van der Waals surface area contributed by atoms with Crippen molar-refractivity contribution in [1.82, 2.24) is 4.90 Å². The highest BCUT2D eigenvalue weighted by Gasteiger charge is 2.16. The van der Waals surface area contributed by atoms with Crippen molar-refractivity contribution in [3.05, 3.63) is 83.9 Å². The summed E-state index contributed by atoms with van der Waals surface area (Å²) in [7, 11) is -2.88. The Morgan fingerprint density at radius 2 is 1.79 bits per heavy atom. The summed E-state index contributed by atoms with van der Waals surface area (Å²) < 4.78 is 25.3. The standard InChI is InChI=1S/C25H29N5O3S/c1-2-3-14-30(17-18-8-7-11-20(15-18)24(26)27)25(31)28-21-12-13-22(19-9-5-4-6-10-19)23(16-21)29-34(32)33/h4-13,15-16,34H,2-3,14,17H2,1H3,(H3,26,27)(H,28,31)(H,29,32,33). The van der Waals surface area contributed by atoms with Crippen LogP contribution < -0.4 is 15.8 Å². The SMILES string of the molecule is CCCCN(Cc1cccc(C(=N)N)c1)C(=O)Nc1ccc(-c2ccccc2)c(N[SH](=O)=O)c1. The number of urea groups is 1. The molecule has 3 aromatic rings. The molecule has 0 aromatic heterocycles. The molecule has 9 heteroatoms. The number of nitrogen functional groups attached to an aromatic ring is 1. The number of unbranched alkanes of at least 4 members (excludes halogenated alkanes) is 1. The molecule has 0 fully saturated rings. The van der Waals surface area contributed by atoms with Gasteiger partial charge in [-0.05, 0) is 35.7 Å². The van der Waals surface area contributed by atoms with E-state index >= 15 is 0 Å². The Balaban J connectivity index is 1.84. The van der Waals surface area contributed by atoms with Gasteiger partial charge in [-0.1, -0.05) is 67.9 Å². The third-order valence-corrected chi connectivity index (χ3v) is 5.67. The van der Waals surface area contributed by atoms with Crippen LogP contribution in [0, 0.1) is 5.41 Å². The van der Waals surface area contributed by atoms with Crippen molar-refractivity contribution in [3.8, 4) is 11.1 Å². The second kappa shape index (κ2) is 11.9. The van der Waals surface area contributed by atoms with Gasteiger partial charge in [0.25, 0.3) is 0 Å². The lowest BCUT2D eigenvalue weighted by atomic mass is 10.0. The largest absolute Gasteiger partial charge is 0.384 e. The number of benzene rings is 3. The highest BCUT2D eigenvalue weighted by molar-refractivity contribution is 7.73. The van der Waals surface area contributed by atoms with Gasteiger partial charge in [-0.15, -0.1) is 0 Å². The molecule has 34 heavy (non-hydrogen) atoms. The zero-order chi connectivity index (χ0) is 24.5. The number of nitrogens with two attached hydrogens (primary N) is 1. The molecule has 3 aromatic carbocycles. The van der Waals surface area contributed by atoms with E-state index in [0.29, 0.717) is 35.6 Å². The van der Waals surface area contributed by atoms with Gasteiger partial charge in [0.15, 0.2) is 0 Å². The average Bonchev–Trinajstić information content (AvgIpc) is 2.82. The van der Waals surface area contributed by atoms with Crippen molar-refractivity contribution in [2.75, 3.05) is 16.6 Å². The molecule has 0 unspecified atom stereocenters. The van der Waals surface area contributed by atoms with E-state index in [1.165, 1.54) is 0 Å². The summed E-state index contributed by atoms with van der Waals surface area (Å²) in [5.74, 6) is -0.0262. The zero-order valence-corrected chi connectivity index (χ0v) is 19.8. The number of amidine groups is 1. The maximum Gasteiger partial charge on any atom is 0.322 e. The molecule has 0 saturated carbocycles. The molecule has 0 aliphatic carbocycles. The Bertz CT molecular complexity index is 1220. The van der Waals surface area contributed by atoms with Gasteiger partial charge in [-0.2, -0.15) is 0 Å². The summed E-state index contributed by atoms with van der Waals surface area (Å²) >= 11 is 0. The monoisotopic (exact) mass is 479 g/mol. The van der Waals surface area contributed by atoms with Crippen LogP contribution in [0.4, 0.5) is 16.2 Å². The number of carbonyl (C=O) groups is 1. The summed E-state index contributed by atoms with van der Waals surface area (Å²) in [6.07, 6.45) is 1.75. The van der Waals surface area contributed by atoms with Crippen molar-refractivity contribution < 1.29 is 13.2 Å². The van der Waals surface area contributed by atoms with E-state index in [1.807, 2.05) is 42.5 Å². The first-order chi connectivity index (χ1) is 16.4. The van der Waals surface area contributed by atoms with E-state index in [0.717, 1.165) is 24.0 Å². The smallest absolute Gasteiger partial charge is 0.322 e. The second-order valence-electron chi connectivity index (χ2n) is 7.81. The number of rotatable bonds is 10. The summed E-state index contributed by atoms with van der Waals surface area (Å²) in [5.41, 5.74) is 9.49. The summed E-state index contributed by atoms with van der Waals surface area (Å²) in [5, 5.41) is 10.5. The molecule has 3 rings (SSSR count). The van der Waals surface area contributed by atoms with Crippen LogP contribution in [-0.4, -0.2) is 31.7 Å². The normalized spacial score (nSPS) is 10.6. The molecule has 0 heterocycles. The fourth-order valence-corrected chi connectivity index (χ4v) is 3.93. The number of thiol groups is 1. The maximum atomic E-state index is 13.1. The molecule has 0 saturated heterocycles. The Morgan fingerprint density at radius 1 is 1.03 bits per heavy atom. The molecule has 5 N–H and O–H groups in total. The fourth-order valence-electron chi connectivity index (χ4n) is 3.54. The van der Waals surface area contributed by atoms with E-state index in [4.69, 9.17) is 11.1 Å². The van der Waals surface area contributed by atoms with E-state index < -0.39 is 10.9 Å². The number of anilines is 2. The molecule has 0 atom stereocenters. The molecule has 178 valence electrons. The van der Waals surface area contributed by atoms with Crippen molar-refractivity contribution in [1.29, 1.82) is 5.41 Å². The first kappa shape index (κ1) is 24.8. The van der Waals surface area contributed by atoms with Crippen LogP contribution in [-0.2, 0) is 17.4 Å². The summed E-state index contributed by atoms with van der Waals surface area (Å²) in [4.78, 5) is 14.8. The quantitative estimate of drug-likeness (QED) is 0.168. The Hall–Kier alpha value is -3.85. The lowest BCUT2D eigenvalue weighted by molar-refractivity contribution is 0.208. The van der Waals surface area contributed by atoms with Gasteiger partial charge >= 0.3 is 6.03 Å². The minimum Gasteiger partial charge on any atom is -0.384 e. The van der Waals surface area contributed by atoms with Gasteiger partial charge in [0.05, 0.1) is 5.69 Å². The lowest BCUT2D eigenvalue weighted by Crippen LogP contribution is -2.35. The lowest BCUT2D eigenvalue weighted by Gasteiger charge is -2.24. The summed E-state index contributed by atoms with van der Waals surface area (Å²) in [6.45, 7) is 2.95. The first-order valence-corrected chi connectivity index (χ1v) is 12.1. The molecule has 0 aliphatic heterocycles. The van der Waals surface area contributed by atoms with Crippen LogP contribution in [0.2, 0.25) is 0 Å². The van der Waals surface area contributed by atoms with Gasteiger partial charge in [-0.3, -0.25) is 10.1 Å². The molecule has 8 nitrogen and oxygen atoms in total.